The van der Waals surface area contributed by atoms with Crippen molar-refractivity contribution in [1.82, 2.24) is 0 Å². The molecule has 0 atom stereocenters. The van der Waals surface area contributed by atoms with Crippen molar-refractivity contribution in [2.45, 2.75) is 47.0 Å². The minimum absolute atomic E-state index is 0.281. The zero-order valence-corrected chi connectivity index (χ0v) is 10.2. The number of Topliss-reactive ketones (excluding diaryl/α,β-unsaturated/α-hetero) is 1. The lowest BCUT2D eigenvalue weighted by Gasteiger charge is -2.08. The molecule has 0 saturated heterocycles. The normalized spacial score (nSPS) is 10.4. The predicted octanol–water partition coefficient (Wildman–Crippen LogP) is 3.98. The van der Waals surface area contributed by atoms with E-state index in [1.54, 1.807) is 0 Å². The van der Waals surface area contributed by atoms with E-state index in [1.807, 2.05) is 12.1 Å². The summed E-state index contributed by atoms with van der Waals surface area (Å²) in [6, 6.07) is 4.03. The van der Waals surface area contributed by atoms with E-state index in [0.717, 1.165) is 18.4 Å². The molecule has 1 rings (SSSR count). The number of ketones is 1. The quantitative estimate of drug-likeness (QED) is 0.678. The van der Waals surface area contributed by atoms with Gasteiger partial charge in [-0.05, 0) is 56.0 Å². The first kappa shape index (κ1) is 12.0. The molecule has 0 radical (unpaired) electrons. The smallest absolute Gasteiger partial charge is 0.162 e. The number of benzene rings is 1. The third-order valence-corrected chi connectivity index (χ3v) is 3.01. The Morgan fingerprint density at radius 2 is 1.67 bits per heavy atom. The van der Waals surface area contributed by atoms with Crippen molar-refractivity contribution in [2.24, 2.45) is 0 Å². The predicted molar refractivity (Wildman–Crippen MR) is 64.5 cm³/mol. The fraction of sp³-hybridized carbons (Fsp3) is 0.500. The highest BCUT2D eigenvalue weighted by Crippen LogP contribution is 2.17. The molecule has 0 N–H and O–H groups in total. The van der Waals surface area contributed by atoms with Crippen LogP contribution in [-0.2, 0) is 0 Å². The second-order valence-corrected chi connectivity index (χ2v) is 4.26. The topological polar surface area (TPSA) is 17.1 Å². The monoisotopic (exact) mass is 204 g/mol. The summed E-state index contributed by atoms with van der Waals surface area (Å²) in [5, 5.41) is 0. The van der Waals surface area contributed by atoms with Crippen LogP contribution in [0, 0.1) is 20.8 Å². The Balaban J connectivity index is 2.91. The maximum Gasteiger partial charge on any atom is 0.162 e. The van der Waals surface area contributed by atoms with Crippen molar-refractivity contribution in [2.75, 3.05) is 0 Å². The summed E-state index contributed by atoms with van der Waals surface area (Å²) in [6.07, 6.45) is 2.75. The van der Waals surface area contributed by atoms with Crippen LogP contribution in [0.3, 0.4) is 0 Å². The van der Waals surface area contributed by atoms with Gasteiger partial charge >= 0.3 is 0 Å². The molecule has 0 unspecified atom stereocenters. The molecule has 0 amide bonds. The third-order valence-electron chi connectivity index (χ3n) is 3.01. The van der Waals surface area contributed by atoms with Crippen molar-refractivity contribution < 1.29 is 4.79 Å². The molecule has 0 aliphatic heterocycles. The van der Waals surface area contributed by atoms with Crippen LogP contribution in [0.1, 0.15) is 53.2 Å². The first-order valence-corrected chi connectivity index (χ1v) is 5.67. The van der Waals surface area contributed by atoms with E-state index in [1.165, 1.54) is 16.7 Å². The van der Waals surface area contributed by atoms with E-state index >= 15 is 0 Å². The van der Waals surface area contributed by atoms with Gasteiger partial charge in [0.25, 0.3) is 0 Å². The Labute approximate surface area is 92.5 Å². The van der Waals surface area contributed by atoms with Crippen molar-refractivity contribution in [3.63, 3.8) is 0 Å². The van der Waals surface area contributed by atoms with Crippen LogP contribution in [0.25, 0.3) is 0 Å². The maximum absolute atomic E-state index is 11.8. The first-order valence-electron chi connectivity index (χ1n) is 5.67. The Morgan fingerprint density at radius 1 is 1.13 bits per heavy atom. The van der Waals surface area contributed by atoms with Crippen molar-refractivity contribution in [1.29, 1.82) is 0 Å². The first-order chi connectivity index (χ1) is 7.06. The van der Waals surface area contributed by atoms with E-state index in [9.17, 15) is 4.79 Å². The third kappa shape index (κ3) is 2.92. The summed E-state index contributed by atoms with van der Waals surface area (Å²) in [4.78, 5) is 11.8. The molecule has 0 aliphatic carbocycles. The molecule has 0 aromatic heterocycles. The zero-order valence-electron chi connectivity index (χ0n) is 10.2. The van der Waals surface area contributed by atoms with Crippen LogP contribution < -0.4 is 0 Å². The number of rotatable bonds is 4. The van der Waals surface area contributed by atoms with Crippen LogP contribution in [0.2, 0.25) is 0 Å². The average molecular weight is 204 g/mol. The van der Waals surface area contributed by atoms with Crippen LogP contribution in [-0.4, -0.2) is 5.78 Å². The maximum atomic E-state index is 11.8. The molecule has 0 bridgehead atoms. The van der Waals surface area contributed by atoms with Crippen LogP contribution in [0.5, 0.6) is 0 Å². The molecule has 15 heavy (non-hydrogen) atoms. The lowest BCUT2D eigenvalue weighted by atomic mass is 9.97. The Kier molecular flexibility index (Phi) is 4.07. The molecule has 0 fully saturated rings. The summed E-state index contributed by atoms with van der Waals surface area (Å²) in [7, 11) is 0. The lowest BCUT2D eigenvalue weighted by molar-refractivity contribution is 0.0979. The number of carbonyl (C=O) groups is 1. The molecule has 0 saturated carbocycles. The Bertz CT molecular complexity index is 341. The van der Waals surface area contributed by atoms with Crippen molar-refractivity contribution >= 4 is 5.78 Å². The van der Waals surface area contributed by atoms with Gasteiger partial charge < -0.3 is 0 Å². The van der Waals surface area contributed by atoms with Crippen molar-refractivity contribution in [3.05, 3.63) is 34.4 Å². The number of hydrogen-bond donors (Lipinski definition) is 0. The van der Waals surface area contributed by atoms with E-state index in [2.05, 4.69) is 27.7 Å². The standard InChI is InChI=1S/C14H20O/c1-5-6-7-14(15)13-8-10(2)12(4)11(3)9-13/h8-9H,5-7H2,1-4H3. The van der Waals surface area contributed by atoms with E-state index in [0.29, 0.717) is 6.42 Å². The SMILES string of the molecule is CCCCC(=O)c1cc(C)c(C)c(C)c1. The highest BCUT2D eigenvalue weighted by atomic mass is 16.1. The second-order valence-electron chi connectivity index (χ2n) is 4.26. The second kappa shape index (κ2) is 5.11. The highest BCUT2D eigenvalue weighted by molar-refractivity contribution is 5.96. The highest BCUT2D eigenvalue weighted by Gasteiger charge is 2.08. The molecule has 0 spiro atoms. The summed E-state index contributed by atoms with van der Waals surface area (Å²) < 4.78 is 0. The van der Waals surface area contributed by atoms with E-state index in [-0.39, 0.29) is 5.78 Å². The van der Waals surface area contributed by atoms with E-state index < -0.39 is 0 Å². The average Bonchev–Trinajstić information content (AvgIpc) is 2.21. The number of hydrogen-bond acceptors (Lipinski definition) is 1. The van der Waals surface area contributed by atoms with Crippen LogP contribution in [0.15, 0.2) is 12.1 Å². The van der Waals surface area contributed by atoms with Gasteiger partial charge in [0.15, 0.2) is 5.78 Å². The molecule has 1 nitrogen and oxygen atoms in total. The van der Waals surface area contributed by atoms with Gasteiger partial charge in [-0.25, -0.2) is 0 Å². The lowest BCUT2D eigenvalue weighted by Crippen LogP contribution is -2.01. The van der Waals surface area contributed by atoms with Gasteiger partial charge in [-0.15, -0.1) is 0 Å². The van der Waals surface area contributed by atoms with Gasteiger partial charge in [0.1, 0.15) is 0 Å². The summed E-state index contributed by atoms with van der Waals surface area (Å²) in [5.74, 6) is 0.281. The van der Waals surface area contributed by atoms with Crippen molar-refractivity contribution in [3.8, 4) is 0 Å². The fourth-order valence-corrected chi connectivity index (χ4v) is 1.68. The van der Waals surface area contributed by atoms with E-state index in [4.69, 9.17) is 0 Å². The molecule has 0 heterocycles. The molecular formula is C14H20O. The van der Waals surface area contributed by atoms with Gasteiger partial charge in [0.2, 0.25) is 0 Å². The van der Waals surface area contributed by atoms with Crippen LogP contribution in [0.4, 0.5) is 0 Å². The van der Waals surface area contributed by atoms with Gasteiger partial charge in [-0.3, -0.25) is 4.79 Å². The molecule has 82 valence electrons. The summed E-state index contributed by atoms with van der Waals surface area (Å²) in [6.45, 7) is 8.35. The molecule has 1 aromatic carbocycles. The minimum Gasteiger partial charge on any atom is -0.294 e. The van der Waals surface area contributed by atoms with Gasteiger partial charge in [-0.2, -0.15) is 0 Å². The summed E-state index contributed by atoms with van der Waals surface area (Å²) in [5.41, 5.74) is 4.61. The number of unbranched alkanes of at least 4 members (excludes halogenated alkanes) is 1. The number of carbonyl (C=O) groups excluding carboxylic acids is 1. The Hall–Kier alpha value is -1.11. The summed E-state index contributed by atoms with van der Waals surface area (Å²) >= 11 is 0. The van der Waals surface area contributed by atoms with Gasteiger partial charge in [-0.1, -0.05) is 13.3 Å². The van der Waals surface area contributed by atoms with Crippen LogP contribution >= 0.6 is 0 Å². The molecule has 1 heteroatoms. The largest absolute Gasteiger partial charge is 0.294 e. The minimum atomic E-state index is 0.281. The zero-order chi connectivity index (χ0) is 11.4. The Morgan fingerprint density at radius 3 is 2.13 bits per heavy atom. The molecular weight excluding hydrogens is 184 g/mol. The number of aryl methyl sites for hydroxylation is 2. The fourth-order valence-electron chi connectivity index (χ4n) is 1.68. The van der Waals surface area contributed by atoms with Gasteiger partial charge in [0.05, 0.1) is 0 Å². The van der Waals surface area contributed by atoms with Gasteiger partial charge in [0, 0.05) is 12.0 Å². The molecule has 1 aromatic rings. The molecule has 0 aliphatic rings.